The van der Waals surface area contributed by atoms with Gasteiger partial charge in [-0.3, -0.25) is 0 Å². The molecule has 0 aliphatic heterocycles. The highest BCUT2D eigenvalue weighted by Gasteiger charge is 2.38. The molecular formula is C51H32O2. The van der Waals surface area contributed by atoms with Crippen LogP contribution in [0.1, 0.15) is 25.0 Å². The maximum Gasteiger partial charge on any atom is 0.136 e. The third-order valence-corrected chi connectivity index (χ3v) is 12.0. The summed E-state index contributed by atoms with van der Waals surface area (Å²) in [4.78, 5) is 0. The molecule has 53 heavy (non-hydrogen) atoms. The Balaban J connectivity index is 1.24. The molecule has 0 amide bonds. The normalized spacial score (nSPS) is 13.6. The van der Waals surface area contributed by atoms with E-state index >= 15 is 0 Å². The molecule has 1 aliphatic rings. The maximum atomic E-state index is 6.56. The van der Waals surface area contributed by atoms with Gasteiger partial charge in [-0.2, -0.15) is 0 Å². The fourth-order valence-corrected chi connectivity index (χ4v) is 9.74. The SMILES string of the molecule is CC1(C)c2ccccc2-c2cc(-c3c4ccccc4c(-c4ccc5c(c4)oc4ccccc45)c4ccccc34)c3cc4c(cc3c21)oc1ccccc14. The van der Waals surface area contributed by atoms with Crippen molar-refractivity contribution < 1.29 is 8.83 Å². The molecule has 0 atom stereocenters. The molecule has 0 bridgehead atoms. The van der Waals surface area contributed by atoms with Gasteiger partial charge in [0.25, 0.3) is 0 Å². The van der Waals surface area contributed by atoms with Crippen LogP contribution in [0.4, 0.5) is 0 Å². The zero-order chi connectivity index (χ0) is 35.0. The van der Waals surface area contributed by atoms with Gasteiger partial charge < -0.3 is 8.83 Å². The molecule has 1 aliphatic carbocycles. The maximum absolute atomic E-state index is 6.56. The second kappa shape index (κ2) is 10.2. The minimum Gasteiger partial charge on any atom is -0.456 e. The summed E-state index contributed by atoms with van der Waals surface area (Å²) in [5.41, 5.74) is 13.7. The Labute approximate surface area is 305 Å². The molecule has 9 aromatic carbocycles. The summed E-state index contributed by atoms with van der Waals surface area (Å²) in [5, 5.41) is 12.0. The quantitative estimate of drug-likeness (QED) is 0.170. The first-order valence-corrected chi connectivity index (χ1v) is 18.4. The van der Waals surface area contributed by atoms with Crippen molar-refractivity contribution in [3.8, 4) is 33.4 Å². The van der Waals surface area contributed by atoms with Crippen molar-refractivity contribution in [3.05, 3.63) is 169 Å². The van der Waals surface area contributed by atoms with Crippen molar-refractivity contribution in [2.45, 2.75) is 19.3 Å². The zero-order valence-corrected chi connectivity index (χ0v) is 29.3. The Kier molecular flexibility index (Phi) is 5.60. The summed E-state index contributed by atoms with van der Waals surface area (Å²) in [6.45, 7) is 4.75. The van der Waals surface area contributed by atoms with Gasteiger partial charge in [-0.25, -0.2) is 0 Å². The summed E-state index contributed by atoms with van der Waals surface area (Å²) in [7, 11) is 0. The fourth-order valence-electron chi connectivity index (χ4n) is 9.74. The Morgan fingerprint density at radius 1 is 0.340 bits per heavy atom. The van der Waals surface area contributed by atoms with E-state index in [2.05, 4.69) is 166 Å². The Bertz CT molecular complexity index is 3310. The van der Waals surface area contributed by atoms with Crippen LogP contribution in [0.5, 0.6) is 0 Å². The predicted molar refractivity (Wildman–Crippen MR) is 222 cm³/mol. The number of fused-ring (bicyclic) bond motifs is 13. The number of benzene rings is 9. The first kappa shape index (κ1) is 29.0. The van der Waals surface area contributed by atoms with Crippen molar-refractivity contribution in [1.29, 1.82) is 0 Å². The van der Waals surface area contributed by atoms with Gasteiger partial charge >= 0.3 is 0 Å². The molecule has 12 rings (SSSR count). The molecule has 0 spiro atoms. The number of hydrogen-bond acceptors (Lipinski definition) is 2. The van der Waals surface area contributed by atoms with Crippen molar-refractivity contribution in [2.24, 2.45) is 0 Å². The molecule has 0 N–H and O–H groups in total. The molecule has 248 valence electrons. The lowest BCUT2D eigenvalue weighted by Crippen LogP contribution is -2.15. The molecule has 2 heterocycles. The van der Waals surface area contributed by atoms with Crippen molar-refractivity contribution in [1.82, 2.24) is 0 Å². The van der Waals surface area contributed by atoms with Gasteiger partial charge in [-0.05, 0) is 119 Å². The van der Waals surface area contributed by atoms with Gasteiger partial charge in [0, 0.05) is 27.0 Å². The van der Waals surface area contributed by atoms with E-state index < -0.39 is 0 Å². The van der Waals surface area contributed by atoms with E-state index in [0.29, 0.717) is 0 Å². The molecule has 2 heteroatoms. The fraction of sp³-hybridized carbons (Fsp3) is 0.0588. The van der Waals surface area contributed by atoms with Crippen LogP contribution in [-0.4, -0.2) is 0 Å². The van der Waals surface area contributed by atoms with Crippen LogP contribution in [0.25, 0.3) is 110 Å². The Hall–Kier alpha value is -6.64. The second-order valence-electron chi connectivity index (χ2n) is 15.2. The standard InChI is InChI=1S/C51H32O2/c1-51(2)43-20-10-7-13-30(43)41-27-40(38-26-39-32-15-9-12-22-45(32)53-47(39)28-42(38)50(41)51)49-36-18-5-3-16-34(36)48(35-17-4-6-19-37(35)49)29-23-24-33-31-14-8-11-21-44(31)52-46(33)25-29/h3-28H,1-2H3. The lowest BCUT2D eigenvalue weighted by molar-refractivity contribution is 0.663. The minimum atomic E-state index is -0.175. The Morgan fingerprint density at radius 2 is 0.868 bits per heavy atom. The van der Waals surface area contributed by atoms with E-state index in [-0.39, 0.29) is 5.41 Å². The second-order valence-corrected chi connectivity index (χ2v) is 15.2. The molecule has 2 aromatic heterocycles. The predicted octanol–water partition coefficient (Wildman–Crippen LogP) is 14.6. The minimum absolute atomic E-state index is 0.175. The first-order chi connectivity index (χ1) is 26.0. The molecule has 0 saturated heterocycles. The average molecular weight is 677 g/mol. The van der Waals surface area contributed by atoms with E-state index in [1.54, 1.807) is 0 Å². The molecule has 2 nitrogen and oxygen atoms in total. The largest absolute Gasteiger partial charge is 0.456 e. The summed E-state index contributed by atoms with van der Waals surface area (Å²) in [5.74, 6) is 0. The van der Waals surface area contributed by atoms with E-state index in [1.165, 1.54) is 71.3 Å². The van der Waals surface area contributed by atoms with Gasteiger partial charge in [0.05, 0.1) is 0 Å². The topological polar surface area (TPSA) is 26.3 Å². The molecule has 0 fully saturated rings. The average Bonchev–Trinajstić information content (AvgIpc) is 3.82. The number of para-hydroxylation sites is 2. The van der Waals surface area contributed by atoms with Gasteiger partial charge in [0.15, 0.2) is 0 Å². The number of hydrogen-bond donors (Lipinski definition) is 0. The van der Waals surface area contributed by atoms with Crippen molar-refractivity contribution in [2.75, 3.05) is 0 Å². The first-order valence-electron chi connectivity index (χ1n) is 18.4. The van der Waals surface area contributed by atoms with Gasteiger partial charge in [-0.15, -0.1) is 0 Å². The molecule has 0 radical (unpaired) electrons. The zero-order valence-electron chi connectivity index (χ0n) is 29.3. The van der Waals surface area contributed by atoms with Crippen LogP contribution in [0.2, 0.25) is 0 Å². The van der Waals surface area contributed by atoms with Crippen LogP contribution < -0.4 is 0 Å². The number of furan rings is 2. The lowest BCUT2D eigenvalue weighted by atomic mass is 9.78. The van der Waals surface area contributed by atoms with Crippen LogP contribution in [-0.2, 0) is 5.41 Å². The van der Waals surface area contributed by atoms with E-state index in [1.807, 2.05) is 6.07 Å². The van der Waals surface area contributed by atoms with Crippen molar-refractivity contribution >= 4 is 76.2 Å². The summed E-state index contributed by atoms with van der Waals surface area (Å²) in [6, 6.07) is 57.5. The molecule has 0 unspecified atom stereocenters. The molecular weight excluding hydrogens is 645 g/mol. The van der Waals surface area contributed by atoms with Crippen LogP contribution in [0.15, 0.2) is 167 Å². The smallest absolute Gasteiger partial charge is 0.136 e. The Morgan fingerprint density at radius 3 is 1.55 bits per heavy atom. The van der Waals surface area contributed by atoms with Gasteiger partial charge in [-0.1, -0.05) is 129 Å². The van der Waals surface area contributed by atoms with Crippen LogP contribution in [0, 0.1) is 0 Å². The van der Waals surface area contributed by atoms with E-state index in [4.69, 9.17) is 8.83 Å². The van der Waals surface area contributed by atoms with Crippen LogP contribution in [0.3, 0.4) is 0 Å². The van der Waals surface area contributed by atoms with E-state index in [0.717, 1.165) is 49.4 Å². The number of rotatable bonds is 2. The highest BCUT2D eigenvalue weighted by molar-refractivity contribution is 6.26. The third kappa shape index (κ3) is 3.82. The van der Waals surface area contributed by atoms with Gasteiger partial charge in [0.1, 0.15) is 22.3 Å². The molecule has 0 saturated carbocycles. The summed E-state index contributed by atoms with van der Waals surface area (Å²) >= 11 is 0. The van der Waals surface area contributed by atoms with E-state index in [9.17, 15) is 0 Å². The summed E-state index contributed by atoms with van der Waals surface area (Å²) in [6.07, 6.45) is 0. The monoisotopic (exact) mass is 676 g/mol. The highest BCUT2D eigenvalue weighted by atomic mass is 16.3. The van der Waals surface area contributed by atoms with Crippen LogP contribution >= 0.6 is 0 Å². The third-order valence-electron chi connectivity index (χ3n) is 12.0. The lowest BCUT2D eigenvalue weighted by Gasteiger charge is -2.25. The summed E-state index contributed by atoms with van der Waals surface area (Å²) < 4.78 is 13.0. The highest BCUT2D eigenvalue weighted by Crippen LogP contribution is 2.55. The van der Waals surface area contributed by atoms with Gasteiger partial charge in [0.2, 0.25) is 0 Å². The molecule has 11 aromatic rings. The van der Waals surface area contributed by atoms with Crippen molar-refractivity contribution in [3.63, 3.8) is 0 Å².